The number of nitrogens with one attached hydrogen (secondary N) is 1. The maximum atomic E-state index is 13.6. The van der Waals surface area contributed by atoms with Crippen molar-refractivity contribution in [2.45, 2.75) is 19.6 Å². The minimum Gasteiger partial charge on any atom is -0.477 e. The lowest BCUT2D eigenvalue weighted by atomic mass is 10.1. The molecular formula is C18H17FN2O3. The third-order valence-electron chi connectivity index (χ3n) is 3.86. The molecule has 2 aromatic carbocycles. The molecule has 0 spiro atoms. The minimum absolute atomic E-state index is 0.0626. The number of hydrogen-bond donors (Lipinski definition) is 1. The minimum atomic E-state index is -0.837. The van der Waals surface area contributed by atoms with Crippen LogP contribution in [0.25, 0.3) is 0 Å². The lowest BCUT2D eigenvalue weighted by Gasteiger charge is -2.33. The number of carbonyl (C=O) groups is 2. The van der Waals surface area contributed by atoms with E-state index in [4.69, 9.17) is 4.74 Å². The van der Waals surface area contributed by atoms with Gasteiger partial charge in [0.15, 0.2) is 6.10 Å². The number of para-hydroxylation sites is 2. The highest BCUT2D eigenvalue weighted by Gasteiger charge is 2.32. The molecule has 0 saturated carbocycles. The van der Waals surface area contributed by atoms with Crippen LogP contribution in [0, 0.1) is 5.82 Å². The summed E-state index contributed by atoms with van der Waals surface area (Å²) >= 11 is 0. The van der Waals surface area contributed by atoms with Crippen molar-refractivity contribution in [3.8, 4) is 5.75 Å². The second-order valence-electron chi connectivity index (χ2n) is 5.51. The second-order valence-corrected chi connectivity index (χ2v) is 5.51. The summed E-state index contributed by atoms with van der Waals surface area (Å²) in [5.74, 6) is -0.459. The Bertz CT molecular complexity index is 778. The van der Waals surface area contributed by atoms with Crippen LogP contribution in [-0.4, -0.2) is 24.5 Å². The standard InChI is InChI=1S/C18H17FN2O3/c1-12(22)21-11-17(24-16-9-5-4-8-15(16)21)18(23)20-10-13-6-2-3-7-14(13)19/h2-9,17H,10-11H2,1H3,(H,20,23)/t17-/m0/s1. The molecule has 1 N–H and O–H groups in total. The SMILES string of the molecule is CC(=O)N1C[C@@H](C(=O)NCc2ccccc2F)Oc2ccccc21. The molecule has 3 rings (SSSR count). The van der Waals surface area contributed by atoms with Crippen LogP contribution < -0.4 is 15.0 Å². The van der Waals surface area contributed by atoms with Crippen molar-refractivity contribution in [2.24, 2.45) is 0 Å². The monoisotopic (exact) mass is 328 g/mol. The fourth-order valence-electron chi connectivity index (χ4n) is 2.61. The lowest BCUT2D eigenvalue weighted by Crippen LogP contribution is -2.50. The molecule has 1 aliphatic heterocycles. The number of benzene rings is 2. The van der Waals surface area contributed by atoms with E-state index in [1.54, 1.807) is 42.5 Å². The number of amides is 2. The van der Waals surface area contributed by atoms with Crippen molar-refractivity contribution in [3.05, 3.63) is 59.9 Å². The normalized spacial score (nSPS) is 16.1. The summed E-state index contributed by atoms with van der Waals surface area (Å²) in [7, 11) is 0. The zero-order valence-electron chi connectivity index (χ0n) is 13.2. The quantitative estimate of drug-likeness (QED) is 0.940. The van der Waals surface area contributed by atoms with Gasteiger partial charge in [-0.2, -0.15) is 0 Å². The van der Waals surface area contributed by atoms with Crippen LogP contribution in [0.2, 0.25) is 0 Å². The Labute approximate surface area is 139 Å². The molecule has 2 aromatic rings. The van der Waals surface area contributed by atoms with Gasteiger partial charge in [-0.3, -0.25) is 9.59 Å². The Balaban J connectivity index is 1.72. The number of carbonyl (C=O) groups excluding carboxylic acids is 2. The van der Waals surface area contributed by atoms with Crippen molar-refractivity contribution in [1.29, 1.82) is 0 Å². The summed E-state index contributed by atoms with van der Waals surface area (Å²) < 4.78 is 19.3. The van der Waals surface area contributed by atoms with Gasteiger partial charge in [0, 0.05) is 19.0 Å². The van der Waals surface area contributed by atoms with E-state index in [1.807, 2.05) is 0 Å². The van der Waals surface area contributed by atoms with Gasteiger partial charge >= 0.3 is 0 Å². The smallest absolute Gasteiger partial charge is 0.263 e. The van der Waals surface area contributed by atoms with Crippen molar-refractivity contribution >= 4 is 17.5 Å². The summed E-state index contributed by atoms with van der Waals surface area (Å²) in [6.45, 7) is 1.62. The van der Waals surface area contributed by atoms with E-state index < -0.39 is 6.10 Å². The average molecular weight is 328 g/mol. The maximum absolute atomic E-state index is 13.6. The Morgan fingerprint density at radius 1 is 1.21 bits per heavy atom. The fourth-order valence-corrected chi connectivity index (χ4v) is 2.61. The summed E-state index contributed by atoms with van der Waals surface area (Å²) in [6, 6.07) is 13.3. The van der Waals surface area contributed by atoms with Crippen LogP contribution in [0.3, 0.4) is 0 Å². The predicted molar refractivity (Wildman–Crippen MR) is 87.1 cm³/mol. The molecule has 2 amide bonds. The molecule has 0 unspecified atom stereocenters. The highest BCUT2D eigenvalue weighted by atomic mass is 19.1. The first-order valence-electron chi connectivity index (χ1n) is 7.61. The molecule has 0 fully saturated rings. The molecule has 24 heavy (non-hydrogen) atoms. The number of halogens is 1. The summed E-state index contributed by atoms with van der Waals surface area (Å²) in [5.41, 5.74) is 1.04. The molecule has 0 saturated heterocycles. The molecule has 6 heteroatoms. The number of fused-ring (bicyclic) bond motifs is 1. The van der Waals surface area contributed by atoms with Crippen molar-refractivity contribution < 1.29 is 18.7 Å². The van der Waals surface area contributed by atoms with Crippen LogP contribution in [-0.2, 0) is 16.1 Å². The molecule has 0 bridgehead atoms. The number of nitrogens with zero attached hydrogens (tertiary/aromatic N) is 1. The predicted octanol–water partition coefficient (Wildman–Crippen LogP) is 2.26. The van der Waals surface area contributed by atoms with Crippen LogP contribution in [0.4, 0.5) is 10.1 Å². The fraction of sp³-hybridized carbons (Fsp3) is 0.222. The zero-order valence-corrected chi connectivity index (χ0v) is 13.2. The molecule has 0 radical (unpaired) electrons. The largest absolute Gasteiger partial charge is 0.477 e. The first-order chi connectivity index (χ1) is 11.6. The topological polar surface area (TPSA) is 58.6 Å². The molecule has 5 nitrogen and oxygen atoms in total. The van der Waals surface area contributed by atoms with Gasteiger partial charge in [-0.05, 0) is 18.2 Å². The number of anilines is 1. The van der Waals surface area contributed by atoms with E-state index in [9.17, 15) is 14.0 Å². The highest BCUT2D eigenvalue weighted by Crippen LogP contribution is 2.33. The molecule has 0 aliphatic carbocycles. The number of ether oxygens (including phenoxy) is 1. The van der Waals surface area contributed by atoms with Gasteiger partial charge in [-0.15, -0.1) is 0 Å². The van der Waals surface area contributed by atoms with E-state index in [2.05, 4.69) is 5.32 Å². The number of rotatable bonds is 3. The number of hydrogen-bond acceptors (Lipinski definition) is 3. The third-order valence-corrected chi connectivity index (χ3v) is 3.86. The van der Waals surface area contributed by atoms with Crippen molar-refractivity contribution in [3.63, 3.8) is 0 Å². The Kier molecular flexibility index (Phi) is 4.46. The molecule has 1 atom stereocenters. The van der Waals surface area contributed by atoms with Crippen molar-refractivity contribution in [2.75, 3.05) is 11.4 Å². The van der Waals surface area contributed by atoms with Crippen LogP contribution in [0.1, 0.15) is 12.5 Å². The van der Waals surface area contributed by atoms with Gasteiger partial charge in [0.2, 0.25) is 5.91 Å². The van der Waals surface area contributed by atoms with Gasteiger partial charge in [0.05, 0.1) is 12.2 Å². The molecule has 0 aromatic heterocycles. The van der Waals surface area contributed by atoms with Gasteiger partial charge in [0.25, 0.3) is 5.91 Å². The average Bonchev–Trinajstić information content (AvgIpc) is 2.59. The van der Waals surface area contributed by atoms with E-state index in [0.717, 1.165) is 0 Å². The second kappa shape index (κ2) is 6.70. The lowest BCUT2D eigenvalue weighted by molar-refractivity contribution is -0.128. The Hall–Kier alpha value is -2.89. The maximum Gasteiger partial charge on any atom is 0.263 e. The van der Waals surface area contributed by atoms with Crippen LogP contribution >= 0.6 is 0 Å². The molecule has 1 heterocycles. The molecular weight excluding hydrogens is 311 g/mol. The Morgan fingerprint density at radius 3 is 2.67 bits per heavy atom. The van der Waals surface area contributed by atoms with Crippen LogP contribution in [0.5, 0.6) is 5.75 Å². The first-order valence-corrected chi connectivity index (χ1v) is 7.61. The molecule has 1 aliphatic rings. The van der Waals surface area contributed by atoms with Crippen molar-refractivity contribution in [1.82, 2.24) is 5.32 Å². The van der Waals surface area contributed by atoms with E-state index >= 15 is 0 Å². The molecule has 124 valence electrons. The summed E-state index contributed by atoms with van der Waals surface area (Å²) in [4.78, 5) is 25.7. The third kappa shape index (κ3) is 3.22. The zero-order chi connectivity index (χ0) is 17.1. The van der Waals surface area contributed by atoms with Crippen LogP contribution in [0.15, 0.2) is 48.5 Å². The van der Waals surface area contributed by atoms with Gasteiger partial charge in [-0.1, -0.05) is 30.3 Å². The van der Waals surface area contributed by atoms with Gasteiger partial charge in [-0.25, -0.2) is 4.39 Å². The van der Waals surface area contributed by atoms with E-state index in [1.165, 1.54) is 17.9 Å². The van der Waals surface area contributed by atoms with Gasteiger partial charge < -0.3 is 15.0 Å². The highest BCUT2D eigenvalue weighted by molar-refractivity contribution is 5.95. The van der Waals surface area contributed by atoms with E-state index in [-0.39, 0.29) is 30.7 Å². The van der Waals surface area contributed by atoms with Gasteiger partial charge in [0.1, 0.15) is 11.6 Å². The summed E-state index contributed by atoms with van der Waals surface area (Å²) in [6.07, 6.45) is -0.837. The summed E-state index contributed by atoms with van der Waals surface area (Å²) in [5, 5.41) is 2.66. The first kappa shape index (κ1) is 16.0. The van der Waals surface area contributed by atoms with E-state index in [0.29, 0.717) is 17.0 Å². The Morgan fingerprint density at radius 2 is 1.92 bits per heavy atom.